The van der Waals surface area contributed by atoms with Gasteiger partial charge in [0.05, 0.1) is 0 Å². The van der Waals surface area contributed by atoms with Crippen LogP contribution in [0.3, 0.4) is 0 Å². The second kappa shape index (κ2) is 4.16. The molecule has 0 radical (unpaired) electrons. The zero-order chi connectivity index (χ0) is 9.97. The van der Waals surface area contributed by atoms with Crippen molar-refractivity contribution < 1.29 is 0 Å². The first kappa shape index (κ1) is 9.76. The van der Waals surface area contributed by atoms with Gasteiger partial charge in [0.1, 0.15) is 15.7 Å². The van der Waals surface area contributed by atoms with Crippen LogP contribution in [-0.4, -0.2) is 17.0 Å². The number of aryl methyl sites for hydroxylation is 1. The van der Waals surface area contributed by atoms with Gasteiger partial charge in [-0.2, -0.15) is 0 Å². The fraction of sp³-hybridized carbons (Fsp3) is 0.333. The highest BCUT2D eigenvalue weighted by molar-refractivity contribution is 7.14. The molecule has 5 heteroatoms. The van der Waals surface area contributed by atoms with E-state index in [0.717, 1.165) is 27.9 Å². The zero-order valence-corrected chi connectivity index (χ0v) is 9.71. The van der Waals surface area contributed by atoms with Gasteiger partial charge in [0.15, 0.2) is 0 Å². The van der Waals surface area contributed by atoms with Gasteiger partial charge in [-0.3, -0.25) is 0 Å². The van der Waals surface area contributed by atoms with Crippen molar-refractivity contribution in [3.05, 3.63) is 21.5 Å². The Balaban J connectivity index is 2.24. The lowest BCUT2D eigenvalue weighted by molar-refractivity contribution is 0.810. The fourth-order valence-corrected chi connectivity index (χ4v) is 2.74. The topological polar surface area (TPSA) is 37.8 Å². The van der Waals surface area contributed by atoms with Gasteiger partial charge in [-0.1, -0.05) is 0 Å². The van der Waals surface area contributed by atoms with Crippen LogP contribution in [-0.2, 0) is 6.54 Å². The van der Waals surface area contributed by atoms with E-state index in [9.17, 15) is 0 Å². The van der Waals surface area contributed by atoms with Crippen LogP contribution < -0.4 is 5.32 Å². The molecule has 0 saturated carbocycles. The standard InChI is InChI=1S/C9H11N3S2/c1-6-4-14-9(11-6)7-5-13-8(12-7)3-10-2/h4-5,10H,3H2,1-2H3. The lowest BCUT2D eigenvalue weighted by Crippen LogP contribution is -2.04. The lowest BCUT2D eigenvalue weighted by Gasteiger charge is -1.90. The molecule has 0 atom stereocenters. The number of nitrogens with one attached hydrogen (secondary N) is 1. The van der Waals surface area contributed by atoms with E-state index in [0.29, 0.717) is 0 Å². The third kappa shape index (κ3) is 2.00. The first-order valence-corrected chi connectivity index (χ1v) is 6.07. The van der Waals surface area contributed by atoms with Crippen LogP contribution in [0.2, 0.25) is 0 Å². The van der Waals surface area contributed by atoms with Gasteiger partial charge in [-0.05, 0) is 14.0 Å². The molecular weight excluding hydrogens is 214 g/mol. The van der Waals surface area contributed by atoms with E-state index in [1.807, 2.05) is 19.4 Å². The number of hydrogen-bond acceptors (Lipinski definition) is 5. The number of aromatic nitrogens is 2. The van der Waals surface area contributed by atoms with Gasteiger partial charge in [0, 0.05) is 23.0 Å². The molecule has 0 aliphatic carbocycles. The van der Waals surface area contributed by atoms with Crippen molar-refractivity contribution in [3.8, 4) is 10.7 Å². The Bertz CT molecular complexity index is 419. The highest BCUT2D eigenvalue weighted by atomic mass is 32.1. The summed E-state index contributed by atoms with van der Waals surface area (Å²) in [6, 6.07) is 0. The average molecular weight is 225 g/mol. The Morgan fingerprint density at radius 2 is 2.14 bits per heavy atom. The molecule has 2 aromatic rings. The van der Waals surface area contributed by atoms with Gasteiger partial charge < -0.3 is 5.32 Å². The predicted octanol–water partition coefficient (Wildman–Crippen LogP) is 2.29. The summed E-state index contributed by atoms with van der Waals surface area (Å²) in [4.78, 5) is 8.88. The lowest BCUT2D eigenvalue weighted by atomic mass is 10.5. The van der Waals surface area contributed by atoms with E-state index >= 15 is 0 Å². The quantitative estimate of drug-likeness (QED) is 0.871. The summed E-state index contributed by atoms with van der Waals surface area (Å²) in [6.07, 6.45) is 0. The summed E-state index contributed by atoms with van der Waals surface area (Å²) in [6.45, 7) is 2.83. The third-order valence-electron chi connectivity index (χ3n) is 1.72. The molecule has 0 bridgehead atoms. The normalized spacial score (nSPS) is 10.7. The molecule has 74 valence electrons. The summed E-state index contributed by atoms with van der Waals surface area (Å²) >= 11 is 3.32. The maximum absolute atomic E-state index is 4.49. The minimum Gasteiger partial charge on any atom is -0.314 e. The van der Waals surface area contributed by atoms with E-state index in [-0.39, 0.29) is 0 Å². The minimum absolute atomic E-state index is 0.828. The molecule has 1 N–H and O–H groups in total. The molecule has 2 rings (SSSR count). The smallest absolute Gasteiger partial charge is 0.142 e. The highest BCUT2D eigenvalue weighted by Gasteiger charge is 2.06. The average Bonchev–Trinajstić information content (AvgIpc) is 2.74. The molecule has 0 unspecified atom stereocenters. The Hall–Kier alpha value is -0.780. The molecule has 0 spiro atoms. The third-order valence-corrected chi connectivity index (χ3v) is 3.55. The molecule has 0 aliphatic heterocycles. The minimum atomic E-state index is 0.828. The van der Waals surface area contributed by atoms with Crippen molar-refractivity contribution >= 4 is 22.7 Å². The van der Waals surface area contributed by atoms with E-state index < -0.39 is 0 Å². The Morgan fingerprint density at radius 1 is 1.29 bits per heavy atom. The Kier molecular flexibility index (Phi) is 2.90. The van der Waals surface area contributed by atoms with Crippen molar-refractivity contribution in [2.24, 2.45) is 0 Å². The number of hydrogen-bond donors (Lipinski definition) is 1. The summed E-state index contributed by atoms with van der Waals surface area (Å²) in [5, 5.41) is 9.32. The first-order valence-electron chi connectivity index (χ1n) is 4.31. The molecule has 0 amide bonds. The maximum atomic E-state index is 4.49. The van der Waals surface area contributed by atoms with E-state index in [2.05, 4.69) is 20.7 Å². The van der Waals surface area contributed by atoms with E-state index in [1.165, 1.54) is 0 Å². The van der Waals surface area contributed by atoms with Crippen LogP contribution >= 0.6 is 22.7 Å². The number of thiazole rings is 2. The van der Waals surface area contributed by atoms with E-state index in [1.54, 1.807) is 22.7 Å². The largest absolute Gasteiger partial charge is 0.314 e. The van der Waals surface area contributed by atoms with Crippen molar-refractivity contribution in [2.45, 2.75) is 13.5 Å². The summed E-state index contributed by atoms with van der Waals surface area (Å²) in [5.74, 6) is 0. The van der Waals surface area contributed by atoms with Crippen LogP contribution in [0.5, 0.6) is 0 Å². The predicted molar refractivity (Wildman–Crippen MR) is 60.7 cm³/mol. The molecule has 14 heavy (non-hydrogen) atoms. The second-order valence-electron chi connectivity index (χ2n) is 2.95. The summed E-state index contributed by atoms with van der Waals surface area (Å²) in [7, 11) is 1.93. The molecule has 0 saturated heterocycles. The van der Waals surface area contributed by atoms with Gasteiger partial charge in [0.2, 0.25) is 0 Å². The van der Waals surface area contributed by atoms with Crippen molar-refractivity contribution in [2.75, 3.05) is 7.05 Å². The number of rotatable bonds is 3. The van der Waals surface area contributed by atoms with Crippen LogP contribution in [0.15, 0.2) is 10.8 Å². The Labute approximate surface area is 90.9 Å². The van der Waals surface area contributed by atoms with Gasteiger partial charge in [-0.25, -0.2) is 9.97 Å². The summed E-state index contributed by atoms with van der Waals surface area (Å²) < 4.78 is 0. The Morgan fingerprint density at radius 3 is 2.79 bits per heavy atom. The molecule has 0 aromatic carbocycles. The monoisotopic (exact) mass is 225 g/mol. The first-order chi connectivity index (χ1) is 6.79. The van der Waals surface area contributed by atoms with Gasteiger partial charge in [-0.15, -0.1) is 22.7 Å². The van der Waals surface area contributed by atoms with Gasteiger partial charge >= 0.3 is 0 Å². The van der Waals surface area contributed by atoms with Crippen molar-refractivity contribution in [3.63, 3.8) is 0 Å². The summed E-state index contributed by atoms with van der Waals surface area (Å²) in [5.41, 5.74) is 2.06. The molecule has 2 aromatic heterocycles. The highest BCUT2D eigenvalue weighted by Crippen LogP contribution is 2.24. The van der Waals surface area contributed by atoms with Crippen LogP contribution in [0.25, 0.3) is 10.7 Å². The molecule has 0 aliphatic rings. The van der Waals surface area contributed by atoms with Crippen LogP contribution in [0.4, 0.5) is 0 Å². The van der Waals surface area contributed by atoms with Crippen molar-refractivity contribution in [1.82, 2.24) is 15.3 Å². The SMILES string of the molecule is CNCc1nc(-c2nc(C)cs2)cs1. The molecule has 3 nitrogen and oxygen atoms in total. The van der Waals surface area contributed by atoms with Crippen LogP contribution in [0.1, 0.15) is 10.7 Å². The molecule has 2 heterocycles. The molecule has 0 fully saturated rings. The van der Waals surface area contributed by atoms with Crippen molar-refractivity contribution in [1.29, 1.82) is 0 Å². The number of nitrogens with zero attached hydrogens (tertiary/aromatic N) is 2. The fourth-order valence-electron chi connectivity index (χ4n) is 1.11. The van der Waals surface area contributed by atoms with Gasteiger partial charge in [0.25, 0.3) is 0 Å². The second-order valence-corrected chi connectivity index (χ2v) is 4.75. The molecular formula is C9H11N3S2. The van der Waals surface area contributed by atoms with Crippen LogP contribution in [0, 0.1) is 6.92 Å². The van der Waals surface area contributed by atoms with E-state index in [4.69, 9.17) is 0 Å². The maximum Gasteiger partial charge on any atom is 0.142 e. The zero-order valence-electron chi connectivity index (χ0n) is 8.07.